The molecule has 5 rings (SSSR count). The van der Waals surface area contributed by atoms with Crippen LogP contribution in [0, 0.1) is 5.82 Å². The fraction of sp³-hybridized carbons (Fsp3) is 0.320. The number of ether oxygens (including phenoxy) is 1. The van der Waals surface area contributed by atoms with Crippen molar-refractivity contribution in [3.05, 3.63) is 71.9 Å². The molecule has 2 heterocycles. The standard InChI is InChI=1S/C25H26FN5O2/c1-33-19-12-6-16(7-13-19)14-23-27-15-22-24(30-23)31(17-8-10-18(32)11-9-17)25(29-22)28-21-5-3-2-4-20(21)26/h2-7,12-13,15,17-18,32H,8-11,14H2,1H3,(H,28,29). The predicted molar refractivity (Wildman–Crippen MR) is 124 cm³/mol. The molecule has 1 saturated carbocycles. The first kappa shape index (κ1) is 21.3. The Bertz CT molecular complexity index is 1250. The molecule has 0 radical (unpaired) electrons. The van der Waals surface area contributed by atoms with Gasteiger partial charge < -0.3 is 15.2 Å². The lowest BCUT2D eigenvalue weighted by molar-refractivity contribution is 0.112. The second kappa shape index (κ2) is 9.15. The SMILES string of the molecule is COc1ccc(Cc2ncc3nc(Nc4ccccc4F)n(C4CCC(O)CC4)c3n2)cc1. The number of nitrogens with one attached hydrogen (secondary N) is 1. The van der Waals surface area contributed by atoms with Gasteiger partial charge in [-0.25, -0.2) is 19.3 Å². The summed E-state index contributed by atoms with van der Waals surface area (Å²) in [6.07, 6.45) is 5.05. The maximum absolute atomic E-state index is 14.3. The van der Waals surface area contributed by atoms with Gasteiger partial charge in [0, 0.05) is 12.5 Å². The van der Waals surface area contributed by atoms with Crippen molar-refractivity contribution in [2.24, 2.45) is 0 Å². The molecule has 0 atom stereocenters. The summed E-state index contributed by atoms with van der Waals surface area (Å²) >= 11 is 0. The van der Waals surface area contributed by atoms with E-state index >= 15 is 0 Å². The maximum Gasteiger partial charge on any atom is 0.210 e. The zero-order valence-electron chi connectivity index (χ0n) is 18.4. The number of nitrogens with zero attached hydrogens (tertiary/aromatic N) is 4. The molecule has 33 heavy (non-hydrogen) atoms. The number of benzene rings is 2. The molecule has 2 aromatic heterocycles. The molecule has 1 aliphatic carbocycles. The molecule has 7 nitrogen and oxygen atoms in total. The maximum atomic E-state index is 14.3. The van der Waals surface area contributed by atoms with Crippen LogP contribution in [0.4, 0.5) is 16.0 Å². The fourth-order valence-electron chi connectivity index (χ4n) is 4.37. The minimum Gasteiger partial charge on any atom is -0.497 e. The molecule has 8 heteroatoms. The van der Waals surface area contributed by atoms with Crippen LogP contribution in [-0.4, -0.2) is 37.8 Å². The monoisotopic (exact) mass is 447 g/mol. The summed E-state index contributed by atoms with van der Waals surface area (Å²) in [7, 11) is 1.64. The van der Waals surface area contributed by atoms with E-state index in [0.717, 1.165) is 24.2 Å². The smallest absolute Gasteiger partial charge is 0.210 e. The van der Waals surface area contributed by atoms with Crippen LogP contribution in [-0.2, 0) is 6.42 Å². The lowest BCUT2D eigenvalue weighted by Crippen LogP contribution is -2.22. The number of para-hydroxylation sites is 1. The molecule has 2 aromatic carbocycles. The number of halogens is 1. The number of hydrogen-bond donors (Lipinski definition) is 2. The van der Waals surface area contributed by atoms with Crippen molar-refractivity contribution in [1.29, 1.82) is 0 Å². The summed E-state index contributed by atoms with van der Waals surface area (Å²) in [5.74, 6) is 1.67. The first-order valence-corrected chi connectivity index (χ1v) is 11.2. The summed E-state index contributed by atoms with van der Waals surface area (Å²) in [6.45, 7) is 0. The van der Waals surface area contributed by atoms with Gasteiger partial charge in [-0.3, -0.25) is 4.57 Å². The molecular weight excluding hydrogens is 421 g/mol. The van der Waals surface area contributed by atoms with Gasteiger partial charge in [-0.15, -0.1) is 0 Å². The molecule has 0 unspecified atom stereocenters. The van der Waals surface area contributed by atoms with E-state index in [2.05, 4.69) is 10.3 Å². The largest absolute Gasteiger partial charge is 0.497 e. The molecule has 1 fully saturated rings. The lowest BCUT2D eigenvalue weighted by Gasteiger charge is -2.28. The minimum absolute atomic E-state index is 0.108. The van der Waals surface area contributed by atoms with Gasteiger partial charge in [-0.2, -0.15) is 0 Å². The predicted octanol–water partition coefficient (Wildman–Crippen LogP) is 4.78. The normalized spacial score (nSPS) is 18.4. The van der Waals surface area contributed by atoms with Crippen molar-refractivity contribution in [3.8, 4) is 5.75 Å². The summed E-state index contributed by atoms with van der Waals surface area (Å²) in [5, 5.41) is 13.2. The average molecular weight is 448 g/mol. The van der Waals surface area contributed by atoms with E-state index in [1.165, 1.54) is 6.07 Å². The Morgan fingerprint density at radius 1 is 1.06 bits per heavy atom. The number of methoxy groups -OCH3 is 1. The van der Waals surface area contributed by atoms with Gasteiger partial charge in [0.05, 0.1) is 25.1 Å². The Morgan fingerprint density at radius 3 is 2.55 bits per heavy atom. The number of aliphatic hydroxyl groups is 1. The van der Waals surface area contributed by atoms with Crippen molar-refractivity contribution in [1.82, 2.24) is 19.5 Å². The van der Waals surface area contributed by atoms with Crippen LogP contribution >= 0.6 is 0 Å². The quantitative estimate of drug-likeness (QED) is 0.442. The second-order valence-corrected chi connectivity index (χ2v) is 8.39. The molecule has 0 bridgehead atoms. The van der Waals surface area contributed by atoms with Crippen LogP contribution in [0.1, 0.15) is 43.1 Å². The third-order valence-electron chi connectivity index (χ3n) is 6.16. The number of rotatable bonds is 6. The molecule has 170 valence electrons. The van der Waals surface area contributed by atoms with Crippen LogP contribution in [0.15, 0.2) is 54.7 Å². The molecule has 0 aliphatic heterocycles. The second-order valence-electron chi connectivity index (χ2n) is 8.39. The summed E-state index contributed by atoms with van der Waals surface area (Å²) in [6, 6.07) is 14.5. The third-order valence-corrected chi connectivity index (χ3v) is 6.16. The van der Waals surface area contributed by atoms with Crippen molar-refractivity contribution in [2.45, 2.75) is 44.2 Å². The van der Waals surface area contributed by atoms with Gasteiger partial charge in [0.25, 0.3) is 0 Å². The van der Waals surface area contributed by atoms with Crippen LogP contribution in [0.3, 0.4) is 0 Å². The summed E-state index contributed by atoms with van der Waals surface area (Å²) < 4.78 is 21.6. The Morgan fingerprint density at radius 2 is 1.82 bits per heavy atom. The Balaban J connectivity index is 1.53. The van der Waals surface area contributed by atoms with Crippen LogP contribution in [0.25, 0.3) is 11.2 Å². The van der Waals surface area contributed by atoms with E-state index in [4.69, 9.17) is 14.7 Å². The molecule has 0 saturated heterocycles. The summed E-state index contributed by atoms with van der Waals surface area (Å²) in [5.41, 5.74) is 2.80. The Labute approximate surface area is 191 Å². The van der Waals surface area contributed by atoms with Crippen molar-refractivity contribution >= 4 is 22.8 Å². The van der Waals surface area contributed by atoms with Crippen molar-refractivity contribution < 1.29 is 14.2 Å². The summed E-state index contributed by atoms with van der Waals surface area (Å²) in [4.78, 5) is 14.1. The van der Waals surface area contributed by atoms with E-state index in [0.29, 0.717) is 47.9 Å². The first-order valence-electron chi connectivity index (χ1n) is 11.2. The molecule has 0 spiro atoms. The van der Waals surface area contributed by atoms with E-state index in [1.807, 2.05) is 28.8 Å². The zero-order chi connectivity index (χ0) is 22.8. The highest BCUT2D eigenvalue weighted by molar-refractivity contribution is 5.75. The van der Waals surface area contributed by atoms with Gasteiger partial charge >= 0.3 is 0 Å². The number of aliphatic hydroxyl groups excluding tert-OH is 1. The number of fused-ring (bicyclic) bond motifs is 1. The van der Waals surface area contributed by atoms with E-state index in [1.54, 1.807) is 31.5 Å². The van der Waals surface area contributed by atoms with Crippen molar-refractivity contribution in [3.63, 3.8) is 0 Å². The topological polar surface area (TPSA) is 85.1 Å². The molecule has 2 N–H and O–H groups in total. The minimum atomic E-state index is -0.346. The number of anilines is 2. The van der Waals surface area contributed by atoms with Gasteiger partial charge in [0.15, 0.2) is 5.65 Å². The highest BCUT2D eigenvalue weighted by Crippen LogP contribution is 2.35. The zero-order valence-corrected chi connectivity index (χ0v) is 18.4. The third kappa shape index (κ3) is 4.52. The number of hydrogen-bond acceptors (Lipinski definition) is 6. The van der Waals surface area contributed by atoms with Gasteiger partial charge in [-0.05, 0) is 55.5 Å². The van der Waals surface area contributed by atoms with Crippen LogP contribution in [0.2, 0.25) is 0 Å². The molecule has 4 aromatic rings. The fourth-order valence-corrected chi connectivity index (χ4v) is 4.37. The van der Waals surface area contributed by atoms with E-state index in [-0.39, 0.29) is 18.0 Å². The number of imidazole rings is 1. The first-order chi connectivity index (χ1) is 16.1. The number of aromatic nitrogens is 4. The van der Waals surface area contributed by atoms with Gasteiger partial charge in [0.1, 0.15) is 22.9 Å². The molecule has 0 amide bonds. The van der Waals surface area contributed by atoms with Gasteiger partial charge in [0.2, 0.25) is 5.95 Å². The van der Waals surface area contributed by atoms with Crippen LogP contribution < -0.4 is 10.1 Å². The lowest BCUT2D eigenvalue weighted by atomic mass is 9.93. The Kier molecular flexibility index (Phi) is 5.92. The van der Waals surface area contributed by atoms with E-state index < -0.39 is 0 Å². The highest BCUT2D eigenvalue weighted by Gasteiger charge is 2.26. The van der Waals surface area contributed by atoms with Gasteiger partial charge in [-0.1, -0.05) is 24.3 Å². The highest BCUT2D eigenvalue weighted by atomic mass is 19.1. The average Bonchev–Trinajstić information content (AvgIpc) is 3.19. The molecular formula is C25H26FN5O2. The van der Waals surface area contributed by atoms with Crippen molar-refractivity contribution in [2.75, 3.05) is 12.4 Å². The van der Waals surface area contributed by atoms with Crippen LogP contribution in [0.5, 0.6) is 5.75 Å². The Hall–Kier alpha value is -3.52. The van der Waals surface area contributed by atoms with E-state index in [9.17, 15) is 9.50 Å². The molecule has 1 aliphatic rings.